The number of halogens is 1. The van der Waals surface area contributed by atoms with Gasteiger partial charge in [-0.25, -0.2) is 8.42 Å². The van der Waals surface area contributed by atoms with E-state index in [2.05, 4.69) is 15.6 Å². The van der Waals surface area contributed by atoms with Crippen molar-refractivity contribution in [3.05, 3.63) is 53.4 Å². The second kappa shape index (κ2) is 8.35. The van der Waals surface area contributed by atoms with Crippen LogP contribution in [0.15, 0.2) is 52.0 Å². The summed E-state index contributed by atoms with van der Waals surface area (Å²) in [6, 6.07) is 7.37. The third-order valence-electron chi connectivity index (χ3n) is 3.40. The molecule has 0 unspecified atom stereocenters. The molecule has 10 heteroatoms. The molecule has 1 heterocycles. The van der Waals surface area contributed by atoms with Gasteiger partial charge in [-0.2, -0.15) is 4.72 Å². The molecule has 1 aromatic carbocycles. The molecule has 0 radical (unpaired) electrons. The summed E-state index contributed by atoms with van der Waals surface area (Å²) in [7, 11) is -3.95. The first-order valence-corrected chi connectivity index (χ1v) is 9.48. The van der Waals surface area contributed by atoms with Gasteiger partial charge >= 0.3 is 5.91 Å². The second-order valence-electron chi connectivity index (χ2n) is 5.72. The van der Waals surface area contributed by atoms with Gasteiger partial charge in [0.1, 0.15) is 6.04 Å². The first-order chi connectivity index (χ1) is 12.2. The highest BCUT2D eigenvalue weighted by Gasteiger charge is 2.28. The molecule has 0 aliphatic rings. The van der Waals surface area contributed by atoms with E-state index in [1.54, 1.807) is 13.8 Å². The first-order valence-electron chi connectivity index (χ1n) is 7.62. The van der Waals surface area contributed by atoms with Crippen LogP contribution in [0.5, 0.6) is 0 Å². The first kappa shape index (κ1) is 20.0. The SMILES string of the molecule is CC(C)[C@@H](NS(=O)(=O)c1ccc(Cl)cc1)C(=O)NNC(=O)c1ccco1. The number of nitrogens with one attached hydrogen (secondary N) is 3. The number of hydrogen-bond acceptors (Lipinski definition) is 5. The maximum absolute atomic E-state index is 12.5. The lowest BCUT2D eigenvalue weighted by molar-refractivity contribution is -0.124. The summed E-state index contributed by atoms with van der Waals surface area (Å²) < 4.78 is 32.1. The van der Waals surface area contributed by atoms with E-state index >= 15 is 0 Å². The average Bonchev–Trinajstić information content (AvgIpc) is 3.12. The molecule has 0 saturated carbocycles. The zero-order chi connectivity index (χ0) is 19.3. The van der Waals surface area contributed by atoms with E-state index in [1.165, 1.54) is 42.7 Å². The van der Waals surface area contributed by atoms with E-state index in [0.717, 1.165) is 0 Å². The molecule has 0 saturated heterocycles. The van der Waals surface area contributed by atoms with Crippen molar-refractivity contribution in [2.24, 2.45) is 5.92 Å². The summed E-state index contributed by atoms with van der Waals surface area (Å²) in [6.07, 6.45) is 1.31. The third-order valence-corrected chi connectivity index (χ3v) is 5.11. The van der Waals surface area contributed by atoms with E-state index in [-0.39, 0.29) is 16.6 Å². The van der Waals surface area contributed by atoms with Crippen molar-refractivity contribution in [1.29, 1.82) is 0 Å². The molecule has 0 fully saturated rings. The number of rotatable bonds is 6. The molecule has 140 valence electrons. The number of furan rings is 1. The van der Waals surface area contributed by atoms with Crippen molar-refractivity contribution in [2.75, 3.05) is 0 Å². The summed E-state index contributed by atoms with van der Waals surface area (Å²) >= 11 is 5.75. The minimum atomic E-state index is -3.95. The quantitative estimate of drug-likeness (QED) is 0.639. The number of carbonyl (C=O) groups excluding carboxylic acids is 2. The van der Waals surface area contributed by atoms with Crippen LogP contribution in [0.2, 0.25) is 5.02 Å². The van der Waals surface area contributed by atoms with Crippen molar-refractivity contribution in [1.82, 2.24) is 15.6 Å². The highest BCUT2D eigenvalue weighted by atomic mass is 35.5. The highest BCUT2D eigenvalue weighted by molar-refractivity contribution is 7.89. The Labute approximate surface area is 155 Å². The summed E-state index contributed by atoms with van der Waals surface area (Å²) in [5.74, 6) is -1.74. The Morgan fingerprint density at radius 3 is 2.27 bits per heavy atom. The second-order valence-corrected chi connectivity index (χ2v) is 7.87. The fourth-order valence-corrected chi connectivity index (χ4v) is 3.48. The van der Waals surface area contributed by atoms with Gasteiger partial charge in [-0.05, 0) is 42.3 Å². The lowest BCUT2D eigenvalue weighted by atomic mass is 10.1. The van der Waals surface area contributed by atoms with Gasteiger partial charge in [-0.1, -0.05) is 25.4 Å². The maximum Gasteiger partial charge on any atom is 0.305 e. The molecule has 0 aliphatic carbocycles. The van der Waals surface area contributed by atoms with Crippen molar-refractivity contribution in [2.45, 2.75) is 24.8 Å². The van der Waals surface area contributed by atoms with Gasteiger partial charge < -0.3 is 4.42 Å². The van der Waals surface area contributed by atoms with Gasteiger partial charge in [0.15, 0.2) is 5.76 Å². The van der Waals surface area contributed by atoms with Gasteiger partial charge in [0, 0.05) is 5.02 Å². The molecule has 3 N–H and O–H groups in total. The Balaban J connectivity index is 2.06. The fourth-order valence-electron chi connectivity index (χ4n) is 2.01. The smallest absolute Gasteiger partial charge is 0.305 e. The normalized spacial score (nSPS) is 12.6. The summed E-state index contributed by atoms with van der Waals surface area (Å²) in [5, 5.41) is 0.391. The summed E-state index contributed by atoms with van der Waals surface area (Å²) in [6.45, 7) is 3.34. The number of sulfonamides is 1. The Hall–Kier alpha value is -2.36. The largest absolute Gasteiger partial charge is 0.459 e. The molecule has 0 bridgehead atoms. The fraction of sp³-hybridized carbons (Fsp3) is 0.250. The van der Waals surface area contributed by atoms with Crippen LogP contribution in [0.25, 0.3) is 0 Å². The lowest BCUT2D eigenvalue weighted by Crippen LogP contribution is -2.54. The molecular formula is C16H18ClN3O5S. The zero-order valence-electron chi connectivity index (χ0n) is 14.0. The highest BCUT2D eigenvalue weighted by Crippen LogP contribution is 2.15. The summed E-state index contributed by atoms with van der Waals surface area (Å²) in [4.78, 5) is 24.1. The molecular weight excluding hydrogens is 382 g/mol. The molecule has 0 spiro atoms. The maximum atomic E-state index is 12.5. The van der Waals surface area contributed by atoms with E-state index < -0.39 is 27.9 Å². The predicted molar refractivity (Wildman–Crippen MR) is 94.7 cm³/mol. The number of hydrazine groups is 1. The third kappa shape index (κ3) is 5.07. The van der Waals surface area contributed by atoms with Crippen LogP contribution < -0.4 is 15.6 Å². The molecule has 26 heavy (non-hydrogen) atoms. The Kier molecular flexibility index (Phi) is 6.41. The Morgan fingerprint density at radius 2 is 1.73 bits per heavy atom. The Bertz CT molecular complexity index is 864. The molecule has 1 atom stereocenters. The van der Waals surface area contributed by atoms with E-state index in [0.29, 0.717) is 5.02 Å². The van der Waals surface area contributed by atoms with Crippen LogP contribution in [-0.4, -0.2) is 26.3 Å². The van der Waals surface area contributed by atoms with Gasteiger partial charge in [0.2, 0.25) is 10.0 Å². The van der Waals surface area contributed by atoms with Crippen LogP contribution in [0.3, 0.4) is 0 Å². The van der Waals surface area contributed by atoms with Gasteiger partial charge in [-0.3, -0.25) is 20.4 Å². The van der Waals surface area contributed by atoms with Crippen molar-refractivity contribution in [3.63, 3.8) is 0 Å². The number of amides is 2. The Morgan fingerprint density at radius 1 is 1.08 bits per heavy atom. The minimum absolute atomic E-state index is 0.00754. The average molecular weight is 400 g/mol. The number of hydrogen-bond donors (Lipinski definition) is 3. The van der Waals surface area contributed by atoms with Crippen LogP contribution >= 0.6 is 11.6 Å². The van der Waals surface area contributed by atoms with Crippen LogP contribution in [-0.2, 0) is 14.8 Å². The molecule has 8 nitrogen and oxygen atoms in total. The van der Waals surface area contributed by atoms with Gasteiger partial charge in [-0.15, -0.1) is 0 Å². The molecule has 2 aromatic rings. The van der Waals surface area contributed by atoms with Crippen molar-refractivity contribution >= 4 is 33.4 Å². The van der Waals surface area contributed by atoms with Crippen LogP contribution in [0.1, 0.15) is 24.4 Å². The van der Waals surface area contributed by atoms with E-state index in [1.807, 2.05) is 0 Å². The molecule has 0 aliphatic heterocycles. The van der Waals surface area contributed by atoms with Crippen LogP contribution in [0.4, 0.5) is 0 Å². The predicted octanol–water partition coefficient (Wildman–Crippen LogP) is 1.70. The monoisotopic (exact) mass is 399 g/mol. The van der Waals surface area contributed by atoms with Gasteiger partial charge in [0.05, 0.1) is 11.2 Å². The van der Waals surface area contributed by atoms with Crippen molar-refractivity contribution < 1.29 is 22.4 Å². The minimum Gasteiger partial charge on any atom is -0.459 e. The molecule has 2 amide bonds. The lowest BCUT2D eigenvalue weighted by Gasteiger charge is -2.21. The molecule has 2 rings (SSSR count). The van der Waals surface area contributed by atoms with Crippen LogP contribution in [0, 0.1) is 5.92 Å². The molecule has 1 aromatic heterocycles. The van der Waals surface area contributed by atoms with E-state index in [9.17, 15) is 18.0 Å². The topological polar surface area (TPSA) is 118 Å². The van der Waals surface area contributed by atoms with Gasteiger partial charge in [0.25, 0.3) is 5.91 Å². The standard InChI is InChI=1S/C16H18ClN3O5S/c1-10(2)14(16(22)19-18-15(21)13-4-3-9-25-13)20-26(23,24)12-7-5-11(17)6-8-12/h3-10,14,20H,1-2H3,(H,18,21)(H,19,22)/t14-/m1/s1. The number of carbonyl (C=O) groups is 2. The summed E-state index contributed by atoms with van der Waals surface area (Å²) in [5.41, 5.74) is 4.36. The zero-order valence-corrected chi connectivity index (χ0v) is 15.6. The van der Waals surface area contributed by atoms with Crippen molar-refractivity contribution in [3.8, 4) is 0 Å². The van der Waals surface area contributed by atoms with E-state index in [4.69, 9.17) is 16.0 Å². The number of benzene rings is 1.